The van der Waals surface area contributed by atoms with Crippen LogP contribution >= 0.6 is 0 Å². The maximum atomic E-state index is 13.6. The molecule has 0 aliphatic carbocycles. The number of benzene rings is 1. The molecule has 0 atom stereocenters. The highest BCUT2D eigenvalue weighted by Crippen LogP contribution is 2.10. The molecular formula is C16H21FN2O2. The van der Waals surface area contributed by atoms with Crippen LogP contribution < -0.4 is 5.32 Å². The number of hydrogen-bond donors (Lipinski definition) is 2. The van der Waals surface area contributed by atoms with Crippen molar-refractivity contribution in [2.24, 2.45) is 0 Å². The molecule has 0 unspecified atom stereocenters. The number of carbonyl (C=O) groups excluding carboxylic acids is 1. The van der Waals surface area contributed by atoms with Gasteiger partial charge in [0.25, 0.3) is 0 Å². The van der Waals surface area contributed by atoms with Crippen LogP contribution in [-0.4, -0.2) is 42.7 Å². The quantitative estimate of drug-likeness (QED) is 0.773. The van der Waals surface area contributed by atoms with Crippen molar-refractivity contribution in [3.05, 3.63) is 35.1 Å². The highest BCUT2D eigenvalue weighted by atomic mass is 19.1. The number of aliphatic hydroxyl groups is 1. The highest BCUT2D eigenvalue weighted by molar-refractivity contribution is 5.77. The zero-order valence-electron chi connectivity index (χ0n) is 12.4. The molecule has 1 aromatic rings. The molecule has 0 radical (unpaired) electrons. The van der Waals surface area contributed by atoms with Gasteiger partial charge in [0.15, 0.2) is 0 Å². The van der Waals surface area contributed by atoms with E-state index in [9.17, 15) is 9.18 Å². The molecule has 114 valence electrons. The van der Waals surface area contributed by atoms with Crippen molar-refractivity contribution in [3.63, 3.8) is 0 Å². The largest absolute Gasteiger partial charge is 0.395 e. The molecule has 1 rings (SSSR count). The number of nitrogens with zero attached hydrogens (tertiary/aromatic N) is 1. The van der Waals surface area contributed by atoms with Gasteiger partial charge in [0.1, 0.15) is 5.82 Å². The average Bonchev–Trinajstić information content (AvgIpc) is 2.38. The molecule has 0 saturated heterocycles. The SMILES string of the molecule is CCNC(=O)CN(C)Cc1cc(F)cc(C#CCCO)c1. The van der Waals surface area contributed by atoms with Crippen LogP contribution in [0.2, 0.25) is 0 Å². The third-order valence-corrected chi connectivity index (χ3v) is 2.67. The molecule has 0 aliphatic heterocycles. The first kappa shape index (κ1) is 17.2. The fourth-order valence-corrected chi connectivity index (χ4v) is 1.90. The molecule has 0 spiro atoms. The minimum atomic E-state index is -0.354. The zero-order chi connectivity index (χ0) is 15.7. The number of hydrogen-bond acceptors (Lipinski definition) is 3. The molecule has 0 bridgehead atoms. The average molecular weight is 292 g/mol. The molecule has 0 saturated carbocycles. The van der Waals surface area contributed by atoms with Gasteiger partial charge in [-0.15, -0.1) is 0 Å². The van der Waals surface area contributed by atoms with Crippen molar-refractivity contribution in [2.45, 2.75) is 19.9 Å². The second-order valence-electron chi connectivity index (χ2n) is 4.75. The molecule has 0 aromatic heterocycles. The number of nitrogens with one attached hydrogen (secondary N) is 1. The van der Waals surface area contributed by atoms with Gasteiger partial charge in [0.05, 0.1) is 13.2 Å². The van der Waals surface area contributed by atoms with Crippen LogP contribution in [0.5, 0.6) is 0 Å². The van der Waals surface area contributed by atoms with Crippen molar-refractivity contribution < 1.29 is 14.3 Å². The monoisotopic (exact) mass is 292 g/mol. The Hall–Kier alpha value is -1.90. The van der Waals surface area contributed by atoms with E-state index in [0.717, 1.165) is 5.56 Å². The Balaban J connectivity index is 2.70. The van der Waals surface area contributed by atoms with E-state index >= 15 is 0 Å². The maximum Gasteiger partial charge on any atom is 0.234 e. The number of amides is 1. The predicted molar refractivity (Wildman–Crippen MR) is 80.0 cm³/mol. The van der Waals surface area contributed by atoms with Crippen LogP contribution in [0, 0.1) is 17.7 Å². The standard InChI is InChI=1S/C16H21FN2O2/c1-3-18-16(21)12-19(2)11-14-8-13(6-4-5-7-20)9-15(17)10-14/h8-10,20H,3,5,7,11-12H2,1-2H3,(H,18,21). The fraction of sp³-hybridized carbons (Fsp3) is 0.438. The van der Waals surface area contributed by atoms with Crippen LogP contribution in [0.1, 0.15) is 24.5 Å². The zero-order valence-corrected chi connectivity index (χ0v) is 12.4. The molecule has 0 heterocycles. The van der Waals surface area contributed by atoms with Crippen LogP contribution in [0.4, 0.5) is 4.39 Å². The minimum absolute atomic E-state index is 0.00947. The summed E-state index contributed by atoms with van der Waals surface area (Å²) in [6.07, 6.45) is 0.364. The lowest BCUT2D eigenvalue weighted by Gasteiger charge is -2.16. The van der Waals surface area contributed by atoms with Gasteiger partial charge in [-0.05, 0) is 37.7 Å². The summed E-state index contributed by atoms with van der Waals surface area (Å²) in [5.74, 6) is 5.17. The Kier molecular flexibility index (Phi) is 7.44. The van der Waals surface area contributed by atoms with Gasteiger partial charge in [0, 0.05) is 25.1 Å². The van der Waals surface area contributed by atoms with Gasteiger partial charge in [0.2, 0.25) is 5.91 Å². The minimum Gasteiger partial charge on any atom is -0.395 e. The summed E-state index contributed by atoms with van der Waals surface area (Å²) in [6, 6.07) is 4.59. The van der Waals surface area contributed by atoms with Gasteiger partial charge in [-0.2, -0.15) is 0 Å². The first-order chi connectivity index (χ1) is 10.0. The second kappa shape index (κ2) is 9.11. The maximum absolute atomic E-state index is 13.6. The smallest absolute Gasteiger partial charge is 0.234 e. The molecule has 5 heteroatoms. The molecule has 4 nitrogen and oxygen atoms in total. The first-order valence-electron chi connectivity index (χ1n) is 6.89. The Morgan fingerprint density at radius 1 is 1.43 bits per heavy atom. The highest BCUT2D eigenvalue weighted by Gasteiger charge is 2.07. The molecular weight excluding hydrogens is 271 g/mol. The van der Waals surface area contributed by atoms with E-state index in [1.54, 1.807) is 13.1 Å². The van der Waals surface area contributed by atoms with Crippen LogP contribution in [0.15, 0.2) is 18.2 Å². The Labute approximate surface area is 125 Å². The van der Waals surface area contributed by atoms with Crippen molar-refractivity contribution in [1.82, 2.24) is 10.2 Å². The van der Waals surface area contributed by atoms with E-state index in [4.69, 9.17) is 5.11 Å². The van der Waals surface area contributed by atoms with Gasteiger partial charge >= 0.3 is 0 Å². The van der Waals surface area contributed by atoms with Gasteiger partial charge in [-0.25, -0.2) is 4.39 Å². The van der Waals surface area contributed by atoms with Crippen molar-refractivity contribution in [3.8, 4) is 11.8 Å². The van der Waals surface area contributed by atoms with E-state index in [1.165, 1.54) is 12.1 Å². The third kappa shape index (κ3) is 6.89. The van der Waals surface area contributed by atoms with E-state index < -0.39 is 0 Å². The summed E-state index contributed by atoms with van der Waals surface area (Å²) in [4.78, 5) is 13.3. The van der Waals surface area contributed by atoms with Crippen molar-refractivity contribution in [2.75, 3.05) is 26.7 Å². The summed E-state index contributed by atoms with van der Waals surface area (Å²) >= 11 is 0. The predicted octanol–water partition coefficient (Wildman–Crippen LogP) is 1.13. The third-order valence-electron chi connectivity index (χ3n) is 2.67. The molecule has 0 fully saturated rings. The summed E-state index contributed by atoms with van der Waals surface area (Å²) in [5, 5.41) is 11.4. The lowest BCUT2D eigenvalue weighted by molar-refractivity contribution is -0.121. The van der Waals surface area contributed by atoms with Gasteiger partial charge in [-0.3, -0.25) is 9.69 Å². The Morgan fingerprint density at radius 2 is 2.19 bits per heavy atom. The molecule has 21 heavy (non-hydrogen) atoms. The fourth-order valence-electron chi connectivity index (χ4n) is 1.90. The summed E-state index contributed by atoms with van der Waals surface area (Å²) in [5.41, 5.74) is 1.33. The lowest BCUT2D eigenvalue weighted by atomic mass is 10.1. The number of rotatable bonds is 6. The number of aliphatic hydroxyl groups excluding tert-OH is 1. The second-order valence-corrected chi connectivity index (χ2v) is 4.75. The van der Waals surface area contributed by atoms with Gasteiger partial charge < -0.3 is 10.4 Å². The van der Waals surface area contributed by atoms with Gasteiger partial charge in [-0.1, -0.05) is 11.8 Å². The van der Waals surface area contributed by atoms with E-state index in [1.807, 2.05) is 11.8 Å². The molecule has 2 N–H and O–H groups in total. The lowest BCUT2D eigenvalue weighted by Crippen LogP contribution is -2.34. The molecule has 1 amide bonds. The molecule has 0 aliphatic rings. The summed E-state index contributed by atoms with van der Waals surface area (Å²) < 4.78 is 13.6. The number of halogens is 1. The van der Waals surface area contributed by atoms with E-state index in [-0.39, 0.29) is 24.9 Å². The Bertz CT molecular complexity index is 535. The summed E-state index contributed by atoms with van der Waals surface area (Å²) in [6.45, 7) is 3.17. The normalized spacial score (nSPS) is 10.1. The van der Waals surface area contributed by atoms with Crippen molar-refractivity contribution >= 4 is 5.91 Å². The van der Waals surface area contributed by atoms with Crippen LogP contribution in [0.3, 0.4) is 0 Å². The number of carbonyl (C=O) groups is 1. The van der Waals surface area contributed by atoms with Crippen molar-refractivity contribution in [1.29, 1.82) is 0 Å². The topological polar surface area (TPSA) is 52.6 Å². The summed E-state index contributed by atoms with van der Waals surface area (Å²) in [7, 11) is 1.80. The van der Waals surface area contributed by atoms with Crippen LogP contribution in [-0.2, 0) is 11.3 Å². The Morgan fingerprint density at radius 3 is 2.86 bits per heavy atom. The molecule has 1 aromatic carbocycles. The first-order valence-corrected chi connectivity index (χ1v) is 6.89. The van der Waals surface area contributed by atoms with E-state index in [2.05, 4.69) is 17.2 Å². The van der Waals surface area contributed by atoms with Crippen LogP contribution in [0.25, 0.3) is 0 Å². The number of likely N-dealkylation sites (N-methyl/N-ethyl adjacent to an activating group) is 2. The van der Waals surface area contributed by atoms with E-state index in [0.29, 0.717) is 25.1 Å².